The summed E-state index contributed by atoms with van der Waals surface area (Å²) < 4.78 is 0. The number of hydrogen-bond donors (Lipinski definition) is 3. The van der Waals surface area contributed by atoms with Gasteiger partial charge in [0.15, 0.2) is 0 Å². The largest absolute Gasteiger partial charge is 0.350 e. The van der Waals surface area contributed by atoms with Crippen LogP contribution in [0, 0.1) is 0 Å². The Kier molecular flexibility index (Phi) is 3.43. The molecule has 1 aromatic rings. The zero-order valence-corrected chi connectivity index (χ0v) is 7.82. The van der Waals surface area contributed by atoms with E-state index in [0.717, 1.165) is 0 Å². The Labute approximate surface area is 80.1 Å². The van der Waals surface area contributed by atoms with Gasteiger partial charge >= 0.3 is 0 Å². The van der Waals surface area contributed by atoms with Gasteiger partial charge < -0.3 is 5.32 Å². The quantitative estimate of drug-likeness (QED) is 0.637. The third kappa shape index (κ3) is 2.15. The number of rotatable bonds is 3. The molecule has 0 atom stereocenters. The van der Waals surface area contributed by atoms with E-state index in [0.29, 0.717) is 23.0 Å². The molecule has 1 rings (SSSR count). The van der Waals surface area contributed by atoms with Gasteiger partial charge in [0.25, 0.3) is 5.91 Å². The van der Waals surface area contributed by atoms with Crippen LogP contribution >= 0.6 is 24.2 Å². The van der Waals surface area contributed by atoms with E-state index < -0.39 is 0 Å². The van der Waals surface area contributed by atoms with Crippen LogP contribution in [-0.4, -0.2) is 28.4 Å². The molecule has 0 bridgehead atoms. The molecule has 0 saturated heterocycles. The molecule has 66 valence electrons. The number of hydrogen-bond acceptors (Lipinski definition) is 3. The molecule has 0 fully saturated rings. The van der Waals surface area contributed by atoms with Crippen molar-refractivity contribution >= 4 is 30.1 Å². The van der Waals surface area contributed by atoms with Gasteiger partial charge in [0.05, 0.1) is 11.2 Å². The molecule has 1 heterocycles. The standard InChI is InChI=1S/C6H8ClN3OS/c7-4-3-9-10-5(4)6(11)8-1-2-12/h3,12H,1-2H2,(H,8,11)(H,9,10). The lowest BCUT2D eigenvalue weighted by Crippen LogP contribution is -2.25. The first kappa shape index (κ1) is 9.41. The fourth-order valence-corrected chi connectivity index (χ4v) is 0.977. The minimum absolute atomic E-state index is 0.258. The van der Waals surface area contributed by atoms with Crippen molar-refractivity contribution in [2.45, 2.75) is 0 Å². The van der Waals surface area contributed by atoms with E-state index in [-0.39, 0.29) is 5.91 Å². The molecule has 0 aliphatic rings. The van der Waals surface area contributed by atoms with Crippen LogP contribution in [0.2, 0.25) is 5.02 Å². The second kappa shape index (κ2) is 4.37. The molecule has 0 saturated carbocycles. The zero-order chi connectivity index (χ0) is 8.97. The lowest BCUT2D eigenvalue weighted by Gasteiger charge is -1.99. The van der Waals surface area contributed by atoms with Gasteiger partial charge in [-0.2, -0.15) is 17.7 Å². The van der Waals surface area contributed by atoms with E-state index >= 15 is 0 Å². The van der Waals surface area contributed by atoms with Crippen LogP contribution in [0.5, 0.6) is 0 Å². The zero-order valence-electron chi connectivity index (χ0n) is 6.17. The minimum Gasteiger partial charge on any atom is -0.350 e. The summed E-state index contributed by atoms with van der Waals surface area (Å²) in [5, 5.41) is 9.04. The highest BCUT2D eigenvalue weighted by Gasteiger charge is 2.10. The Balaban J connectivity index is 2.59. The van der Waals surface area contributed by atoms with E-state index in [1.807, 2.05) is 0 Å². The Morgan fingerprint density at radius 2 is 2.58 bits per heavy atom. The van der Waals surface area contributed by atoms with Crippen LogP contribution in [0.1, 0.15) is 10.5 Å². The number of nitrogens with zero attached hydrogens (tertiary/aromatic N) is 1. The molecule has 1 aromatic heterocycles. The average molecular weight is 206 g/mol. The van der Waals surface area contributed by atoms with E-state index in [2.05, 4.69) is 28.1 Å². The molecule has 1 amide bonds. The summed E-state index contributed by atoms with van der Waals surface area (Å²) in [5.74, 6) is 0.337. The molecule has 0 unspecified atom stereocenters. The summed E-state index contributed by atoms with van der Waals surface area (Å²) in [4.78, 5) is 11.2. The van der Waals surface area contributed by atoms with Crippen LogP contribution in [0.25, 0.3) is 0 Å². The van der Waals surface area contributed by atoms with Crippen molar-refractivity contribution in [1.82, 2.24) is 15.5 Å². The minimum atomic E-state index is -0.258. The van der Waals surface area contributed by atoms with Crippen molar-refractivity contribution in [1.29, 1.82) is 0 Å². The highest BCUT2D eigenvalue weighted by atomic mass is 35.5. The van der Waals surface area contributed by atoms with E-state index in [9.17, 15) is 4.79 Å². The van der Waals surface area contributed by atoms with Gasteiger partial charge in [-0.3, -0.25) is 9.89 Å². The van der Waals surface area contributed by atoms with E-state index in [4.69, 9.17) is 11.6 Å². The molecule has 0 radical (unpaired) electrons. The van der Waals surface area contributed by atoms with Gasteiger partial charge in [0, 0.05) is 12.3 Å². The number of amides is 1. The third-order valence-electron chi connectivity index (χ3n) is 1.22. The van der Waals surface area contributed by atoms with Crippen LogP contribution < -0.4 is 5.32 Å². The first-order chi connectivity index (χ1) is 5.75. The molecule has 0 spiro atoms. The fraction of sp³-hybridized carbons (Fsp3) is 0.333. The monoisotopic (exact) mass is 205 g/mol. The molecule has 12 heavy (non-hydrogen) atoms. The first-order valence-corrected chi connectivity index (χ1v) is 4.34. The number of thiol groups is 1. The van der Waals surface area contributed by atoms with Gasteiger partial charge in [-0.1, -0.05) is 11.6 Å². The predicted octanol–water partition coefficient (Wildman–Crippen LogP) is 0.723. The molecular formula is C6H8ClN3OS. The number of halogens is 1. The molecule has 2 N–H and O–H groups in total. The highest BCUT2D eigenvalue weighted by Crippen LogP contribution is 2.10. The van der Waals surface area contributed by atoms with Crippen LogP contribution in [-0.2, 0) is 0 Å². The maximum atomic E-state index is 11.2. The number of H-pyrrole nitrogens is 1. The Morgan fingerprint density at radius 1 is 1.83 bits per heavy atom. The number of aromatic nitrogens is 2. The third-order valence-corrected chi connectivity index (χ3v) is 1.73. The molecule has 0 aromatic carbocycles. The molecule has 6 heteroatoms. The Hall–Kier alpha value is -0.680. The van der Waals surface area contributed by atoms with Gasteiger partial charge in [-0.15, -0.1) is 0 Å². The van der Waals surface area contributed by atoms with Crippen molar-refractivity contribution < 1.29 is 4.79 Å². The van der Waals surface area contributed by atoms with Gasteiger partial charge in [-0.05, 0) is 0 Å². The van der Waals surface area contributed by atoms with Crippen molar-refractivity contribution in [2.24, 2.45) is 0 Å². The predicted molar refractivity (Wildman–Crippen MR) is 49.8 cm³/mol. The van der Waals surface area contributed by atoms with Crippen molar-refractivity contribution in [3.63, 3.8) is 0 Å². The molecule has 0 aliphatic carbocycles. The lowest BCUT2D eigenvalue weighted by molar-refractivity contribution is 0.0951. The van der Waals surface area contributed by atoms with Gasteiger partial charge in [-0.25, -0.2) is 0 Å². The normalized spacial score (nSPS) is 9.83. The number of carbonyl (C=O) groups excluding carboxylic acids is 1. The Morgan fingerprint density at radius 3 is 3.08 bits per heavy atom. The second-order valence-electron chi connectivity index (χ2n) is 2.07. The maximum Gasteiger partial charge on any atom is 0.270 e. The van der Waals surface area contributed by atoms with E-state index in [1.54, 1.807) is 0 Å². The van der Waals surface area contributed by atoms with Crippen LogP contribution in [0.15, 0.2) is 6.20 Å². The van der Waals surface area contributed by atoms with Gasteiger partial charge in [0.2, 0.25) is 0 Å². The Bertz CT molecular complexity index is 276. The number of carbonyl (C=O) groups is 1. The highest BCUT2D eigenvalue weighted by molar-refractivity contribution is 7.80. The molecule has 0 aliphatic heterocycles. The fourth-order valence-electron chi connectivity index (χ4n) is 0.689. The summed E-state index contributed by atoms with van der Waals surface area (Å²) in [6.45, 7) is 0.511. The van der Waals surface area contributed by atoms with Crippen molar-refractivity contribution in [3.05, 3.63) is 16.9 Å². The average Bonchev–Trinajstić information content (AvgIpc) is 2.47. The van der Waals surface area contributed by atoms with Crippen LogP contribution in [0.4, 0.5) is 0 Å². The lowest BCUT2D eigenvalue weighted by atomic mass is 10.4. The summed E-state index contributed by atoms with van der Waals surface area (Å²) >= 11 is 9.58. The molecular weight excluding hydrogens is 198 g/mol. The number of nitrogens with one attached hydrogen (secondary N) is 2. The first-order valence-electron chi connectivity index (χ1n) is 3.33. The van der Waals surface area contributed by atoms with Gasteiger partial charge in [0.1, 0.15) is 5.69 Å². The SMILES string of the molecule is O=C(NCCS)c1[nH]ncc1Cl. The second-order valence-corrected chi connectivity index (χ2v) is 2.93. The summed E-state index contributed by atoms with van der Waals surface area (Å²) in [5.41, 5.74) is 0.290. The topological polar surface area (TPSA) is 57.8 Å². The van der Waals surface area contributed by atoms with E-state index in [1.165, 1.54) is 6.20 Å². The van der Waals surface area contributed by atoms with Crippen LogP contribution in [0.3, 0.4) is 0 Å². The maximum absolute atomic E-state index is 11.2. The summed E-state index contributed by atoms with van der Waals surface area (Å²) in [6.07, 6.45) is 1.39. The number of aromatic amines is 1. The summed E-state index contributed by atoms with van der Waals surface area (Å²) in [6, 6.07) is 0. The van der Waals surface area contributed by atoms with Crippen molar-refractivity contribution in [3.8, 4) is 0 Å². The molecule has 4 nitrogen and oxygen atoms in total. The van der Waals surface area contributed by atoms with Crippen molar-refractivity contribution in [2.75, 3.05) is 12.3 Å². The summed E-state index contributed by atoms with van der Waals surface area (Å²) in [7, 11) is 0. The smallest absolute Gasteiger partial charge is 0.270 e.